The number of benzene rings is 3. The predicted octanol–water partition coefficient (Wildman–Crippen LogP) is 4.36. The highest BCUT2D eigenvalue weighted by atomic mass is 16.5. The Bertz CT molecular complexity index is 1160. The van der Waals surface area contributed by atoms with Crippen molar-refractivity contribution in [1.29, 1.82) is 0 Å². The lowest BCUT2D eigenvalue weighted by atomic mass is 9.84. The number of carbonyl (C=O) groups excluding carboxylic acids is 3. The van der Waals surface area contributed by atoms with Crippen LogP contribution in [0, 0.1) is 0 Å². The van der Waals surface area contributed by atoms with Gasteiger partial charge in [-0.25, -0.2) is 4.79 Å². The first-order valence-corrected chi connectivity index (χ1v) is 11.9. The molecule has 0 bridgehead atoms. The SMILES string of the molecule is COC(=O)[C@@H](NC(=O)CC[C@@]1(Cc2ccc(-c3ccccc3)cc2)CCC(=O)N1)c1ccccc1. The van der Waals surface area contributed by atoms with Gasteiger partial charge in [0.25, 0.3) is 0 Å². The highest BCUT2D eigenvalue weighted by molar-refractivity contribution is 5.85. The van der Waals surface area contributed by atoms with E-state index < -0.39 is 17.6 Å². The molecule has 2 N–H and O–H groups in total. The Balaban J connectivity index is 1.43. The molecule has 3 aromatic rings. The Morgan fingerprint density at radius 1 is 0.943 bits per heavy atom. The second kappa shape index (κ2) is 11.0. The zero-order chi connectivity index (χ0) is 24.7. The van der Waals surface area contributed by atoms with Gasteiger partial charge in [-0.2, -0.15) is 0 Å². The maximum Gasteiger partial charge on any atom is 0.333 e. The first-order chi connectivity index (χ1) is 17.0. The first kappa shape index (κ1) is 24.2. The number of nitrogens with one attached hydrogen (secondary N) is 2. The van der Waals surface area contributed by atoms with E-state index in [-0.39, 0.29) is 18.2 Å². The minimum Gasteiger partial charge on any atom is -0.467 e. The van der Waals surface area contributed by atoms with Crippen LogP contribution in [0.4, 0.5) is 0 Å². The Kier molecular flexibility index (Phi) is 7.60. The third-order valence-electron chi connectivity index (χ3n) is 6.54. The van der Waals surface area contributed by atoms with Crippen LogP contribution >= 0.6 is 0 Å². The molecule has 35 heavy (non-hydrogen) atoms. The van der Waals surface area contributed by atoms with E-state index in [1.165, 1.54) is 7.11 Å². The number of hydrogen-bond acceptors (Lipinski definition) is 4. The topological polar surface area (TPSA) is 84.5 Å². The summed E-state index contributed by atoms with van der Waals surface area (Å²) in [4.78, 5) is 37.3. The normalized spacial score (nSPS) is 17.9. The predicted molar refractivity (Wildman–Crippen MR) is 134 cm³/mol. The number of ether oxygens (including phenoxy) is 1. The van der Waals surface area contributed by atoms with Crippen LogP contribution < -0.4 is 10.6 Å². The number of rotatable bonds is 9. The van der Waals surface area contributed by atoms with E-state index in [0.29, 0.717) is 31.2 Å². The highest BCUT2D eigenvalue weighted by Crippen LogP contribution is 2.30. The molecule has 2 amide bonds. The molecule has 6 nitrogen and oxygen atoms in total. The molecule has 180 valence electrons. The summed E-state index contributed by atoms with van der Waals surface area (Å²) >= 11 is 0. The van der Waals surface area contributed by atoms with Crippen molar-refractivity contribution >= 4 is 17.8 Å². The van der Waals surface area contributed by atoms with Gasteiger partial charge in [-0.3, -0.25) is 9.59 Å². The van der Waals surface area contributed by atoms with Crippen LogP contribution in [0.5, 0.6) is 0 Å². The van der Waals surface area contributed by atoms with Crippen molar-refractivity contribution in [3.8, 4) is 11.1 Å². The summed E-state index contributed by atoms with van der Waals surface area (Å²) in [5, 5.41) is 5.93. The molecule has 0 spiro atoms. The van der Waals surface area contributed by atoms with Gasteiger partial charge in [0, 0.05) is 18.4 Å². The largest absolute Gasteiger partial charge is 0.467 e. The average Bonchev–Trinajstić information content (AvgIpc) is 3.27. The van der Waals surface area contributed by atoms with E-state index in [1.807, 2.05) is 36.4 Å². The van der Waals surface area contributed by atoms with E-state index in [0.717, 1.165) is 16.7 Å². The van der Waals surface area contributed by atoms with Gasteiger partial charge >= 0.3 is 5.97 Å². The third-order valence-corrected chi connectivity index (χ3v) is 6.54. The van der Waals surface area contributed by atoms with E-state index in [2.05, 4.69) is 47.0 Å². The van der Waals surface area contributed by atoms with E-state index in [4.69, 9.17) is 4.74 Å². The zero-order valence-corrected chi connectivity index (χ0v) is 19.8. The third kappa shape index (κ3) is 6.15. The molecule has 1 aliphatic rings. The van der Waals surface area contributed by atoms with Gasteiger partial charge in [-0.05, 0) is 41.5 Å². The Labute approximate surface area is 205 Å². The second-order valence-corrected chi connectivity index (χ2v) is 9.00. The Morgan fingerprint density at radius 3 is 2.17 bits per heavy atom. The lowest BCUT2D eigenvalue weighted by Crippen LogP contribution is -2.45. The fraction of sp³-hybridized carbons (Fsp3) is 0.276. The lowest BCUT2D eigenvalue weighted by molar-refractivity contribution is -0.145. The number of hydrogen-bond donors (Lipinski definition) is 2. The molecule has 6 heteroatoms. The van der Waals surface area contributed by atoms with Gasteiger partial charge in [-0.1, -0.05) is 84.9 Å². The highest BCUT2D eigenvalue weighted by Gasteiger charge is 2.38. The van der Waals surface area contributed by atoms with Crippen molar-refractivity contribution in [3.05, 3.63) is 96.1 Å². The van der Waals surface area contributed by atoms with Crippen molar-refractivity contribution in [2.75, 3.05) is 7.11 Å². The number of amides is 2. The van der Waals surface area contributed by atoms with Crippen LogP contribution in [-0.4, -0.2) is 30.4 Å². The Hall–Kier alpha value is -3.93. The van der Waals surface area contributed by atoms with Gasteiger partial charge in [0.2, 0.25) is 11.8 Å². The molecule has 1 aliphatic heterocycles. The fourth-order valence-corrected chi connectivity index (χ4v) is 4.65. The average molecular weight is 471 g/mol. The van der Waals surface area contributed by atoms with Gasteiger partial charge < -0.3 is 15.4 Å². The summed E-state index contributed by atoms with van der Waals surface area (Å²) in [5.74, 6) is -0.779. The summed E-state index contributed by atoms with van der Waals surface area (Å²) in [6, 6.07) is 26.7. The van der Waals surface area contributed by atoms with Gasteiger partial charge in [-0.15, -0.1) is 0 Å². The minimum atomic E-state index is -0.867. The molecule has 0 radical (unpaired) electrons. The van der Waals surface area contributed by atoms with Crippen LogP contribution in [0.15, 0.2) is 84.9 Å². The van der Waals surface area contributed by atoms with Crippen LogP contribution in [0.1, 0.15) is 42.9 Å². The van der Waals surface area contributed by atoms with Gasteiger partial charge in [0.05, 0.1) is 7.11 Å². The fourth-order valence-electron chi connectivity index (χ4n) is 4.65. The van der Waals surface area contributed by atoms with Gasteiger partial charge in [0.1, 0.15) is 0 Å². The van der Waals surface area contributed by atoms with Crippen molar-refractivity contribution in [1.82, 2.24) is 10.6 Å². The monoisotopic (exact) mass is 470 g/mol. The van der Waals surface area contributed by atoms with E-state index in [9.17, 15) is 14.4 Å². The molecular formula is C29H30N2O4. The van der Waals surface area contributed by atoms with Crippen molar-refractivity contribution in [2.45, 2.75) is 43.7 Å². The van der Waals surface area contributed by atoms with E-state index in [1.54, 1.807) is 12.1 Å². The van der Waals surface area contributed by atoms with Crippen molar-refractivity contribution in [3.63, 3.8) is 0 Å². The molecule has 0 aromatic heterocycles. The Morgan fingerprint density at radius 2 is 1.57 bits per heavy atom. The standard InChI is InChI=1S/C29H30N2O4/c1-35-28(34)27(24-10-6-3-7-11-24)30-25(32)16-18-29(19-17-26(33)31-29)20-21-12-14-23(15-13-21)22-8-4-2-5-9-22/h2-15,27H,16-20H2,1H3,(H,30,32)(H,31,33)/t27-,29-/m0/s1. The quantitative estimate of drug-likeness (QED) is 0.455. The summed E-state index contributed by atoms with van der Waals surface area (Å²) < 4.78 is 4.89. The maximum absolute atomic E-state index is 12.9. The van der Waals surface area contributed by atoms with Crippen LogP contribution in [0.2, 0.25) is 0 Å². The van der Waals surface area contributed by atoms with Crippen LogP contribution in [0.3, 0.4) is 0 Å². The maximum atomic E-state index is 12.9. The molecule has 1 saturated heterocycles. The van der Waals surface area contributed by atoms with Crippen molar-refractivity contribution in [2.24, 2.45) is 0 Å². The summed E-state index contributed by atoms with van der Waals surface area (Å²) in [6.45, 7) is 0. The van der Waals surface area contributed by atoms with Crippen molar-refractivity contribution < 1.29 is 19.1 Å². The molecule has 1 heterocycles. The lowest BCUT2D eigenvalue weighted by Gasteiger charge is -2.29. The van der Waals surface area contributed by atoms with Gasteiger partial charge in [0.15, 0.2) is 6.04 Å². The molecule has 0 aliphatic carbocycles. The molecule has 4 rings (SSSR count). The van der Waals surface area contributed by atoms with E-state index >= 15 is 0 Å². The summed E-state index contributed by atoms with van der Waals surface area (Å²) in [7, 11) is 1.30. The van der Waals surface area contributed by atoms with Crippen LogP contribution in [0.25, 0.3) is 11.1 Å². The first-order valence-electron chi connectivity index (χ1n) is 11.9. The number of esters is 1. The molecular weight excluding hydrogens is 440 g/mol. The number of carbonyl (C=O) groups is 3. The van der Waals surface area contributed by atoms with Crippen LogP contribution in [-0.2, 0) is 25.5 Å². The smallest absolute Gasteiger partial charge is 0.333 e. The number of methoxy groups -OCH3 is 1. The summed E-state index contributed by atoms with van der Waals surface area (Å²) in [5.41, 5.74) is 3.56. The second-order valence-electron chi connectivity index (χ2n) is 9.00. The summed E-state index contributed by atoms with van der Waals surface area (Å²) in [6.07, 6.45) is 2.41. The molecule has 0 saturated carbocycles. The zero-order valence-electron chi connectivity index (χ0n) is 19.8. The molecule has 3 aromatic carbocycles. The molecule has 2 atom stereocenters. The minimum absolute atomic E-state index is 0.00281. The molecule has 1 fully saturated rings. The molecule has 0 unspecified atom stereocenters.